The van der Waals surface area contributed by atoms with Gasteiger partial charge in [-0.15, -0.1) is 0 Å². The Bertz CT molecular complexity index is 475. The van der Waals surface area contributed by atoms with Gasteiger partial charge in [0.15, 0.2) is 5.78 Å². The van der Waals surface area contributed by atoms with Gasteiger partial charge >= 0.3 is 0 Å². The van der Waals surface area contributed by atoms with Crippen LogP contribution >= 0.6 is 0 Å². The quantitative estimate of drug-likeness (QED) is 0.812. The lowest BCUT2D eigenvalue weighted by molar-refractivity contribution is 0.0769. The maximum Gasteiger partial charge on any atom is 0.173 e. The summed E-state index contributed by atoms with van der Waals surface area (Å²) in [5.41, 5.74) is 1.67. The number of hydrogen-bond acceptors (Lipinski definition) is 3. The number of rotatable bonds is 2. The van der Waals surface area contributed by atoms with E-state index in [2.05, 4.69) is 18.3 Å². The van der Waals surface area contributed by atoms with Gasteiger partial charge in [0.2, 0.25) is 0 Å². The number of Topliss-reactive ketones (excluding diaryl/α,β-unsaturated/α-hetero) is 1. The third-order valence-electron chi connectivity index (χ3n) is 4.10. The van der Waals surface area contributed by atoms with Crippen molar-refractivity contribution >= 4 is 5.78 Å². The number of fused-ring (bicyclic) bond motifs is 1. The molecule has 2 aliphatic heterocycles. The molecule has 0 bridgehead atoms. The maximum absolute atomic E-state index is 12.8. The first-order chi connectivity index (χ1) is 8.71. The topological polar surface area (TPSA) is 38.3 Å². The van der Waals surface area contributed by atoms with E-state index in [9.17, 15) is 4.79 Å². The minimum atomic E-state index is -0.278. The average Bonchev–Trinajstić information content (AvgIpc) is 2.87. The van der Waals surface area contributed by atoms with Gasteiger partial charge in [-0.2, -0.15) is 0 Å². The molecule has 1 aromatic carbocycles. The van der Waals surface area contributed by atoms with E-state index in [-0.39, 0.29) is 11.2 Å². The number of piperidine rings is 1. The minimum absolute atomic E-state index is 0.230. The standard InChI is InChI=1S/C15H19NO2/c1-15(7-3-8-16-10-15)14(17)12-5-2-4-11-6-9-18-13(11)12/h2,4-5,16H,3,6-10H2,1H3. The van der Waals surface area contributed by atoms with Crippen molar-refractivity contribution in [2.24, 2.45) is 5.41 Å². The van der Waals surface area contributed by atoms with E-state index in [1.54, 1.807) is 0 Å². The fraction of sp³-hybridized carbons (Fsp3) is 0.533. The SMILES string of the molecule is CC1(C(=O)c2cccc3c2OCC3)CCCNC1. The van der Waals surface area contributed by atoms with Crippen molar-refractivity contribution < 1.29 is 9.53 Å². The highest BCUT2D eigenvalue weighted by molar-refractivity contribution is 6.03. The van der Waals surface area contributed by atoms with Crippen LogP contribution in [0.1, 0.15) is 35.7 Å². The van der Waals surface area contributed by atoms with Gasteiger partial charge < -0.3 is 10.1 Å². The normalized spacial score (nSPS) is 26.5. The lowest BCUT2D eigenvalue weighted by Gasteiger charge is -2.33. The molecule has 1 fully saturated rings. The van der Waals surface area contributed by atoms with Gasteiger partial charge in [-0.05, 0) is 31.0 Å². The summed E-state index contributed by atoms with van der Waals surface area (Å²) in [6.45, 7) is 4.56. The second-order valence-corrected chi connectivity index (χ2v) is 5.56. The van der Waals surface area contributed by atoms with E-state index >= 15 is 0 Å². The zero-order chi connectivity index (χ0) is 12.6. The fourth-order valence-corrected chi connectivity index (χ4v) is 2.97. The Morgan fingerprint density at radius 2 is 2.33 bits per heavy atom. The lowest BCUT2D eigenvalue weighted by Crippen LogP contribution is -2.43. The number of carbonyl (C=O) groups is 1. The van der Waals surface area contributed by atoms with Gasteiger partial charge in [-0.3, -0.25) is 4.79 Å². The van der Waals surface area contributed by atoms with Crippen molar-refractivity contribution in [2.45, 2.75) is 26.2 Å². The summed E-state index contributed by atoms with van der Waals surface area (Å²) in [6.07, 6.45) is 2.95. The van der Waals surface area contributed by atoms with Crippen LogP contribution in [-0.2, 0) is 6.42 Å². The van der Waals surface area contributed by atoms with E-state index in [1.165, 1.54) is 5.56 Å². The molecule has 3 heteroatoms. The van der Waals surface area contributed by atoms with E-state index in [0.717, 1.165) is 43.7 Å². The summed E-state index contributed by atoms with van der Waals surface area (Å²) in [5, 5.41) is 3.33. The van der Waals surface area contributed by atoms with Gasteiger partial charge in [-0.25, -0.2) is 0 Å². The number of para-hydroxylation sites is 1. The summed E-state index contributed by atoms with van der Waals surface area (Å²) in [5.74, 6) is 1.06. The smallest absolute Gasteiger partial charge is 0.173 e. The Morgan fingerprint density at radius 1 is 1.44 bits per heavy atom. The molecule has 2 aliphatic rings. The van der Waals surface area contributed by atoms with Crippen LogP contribution in [0.15, 0.2) is 18.2 Å². The molecule has 96 valence electrons. The average molecular weight is 245 g/mol. The summed E-state index contributed by atoms with van der Waals surface area (Å²) >= 11 is 0. The van der Waals surface area contributed by atoms with Gasteiger partial charge in [0.05, 0.1) is 12.2 Å². The second kappa shape index (κ2) is 4.39. The number of benzene rings is 1. The Balaban J connectivity index is 1.95. The van der Waals surface area contributed by atoms with Crippen LogP contribution in [0.25, 0.3) is 0 Å². The van der Waals surface area contributed by atoms with Crippen LogP contribution in [0.5, 0.6) is 5.75 Å². The molecule has 0 spiro atoms. The molecular weight excluding hydrogens is 226 g/mol. The molecule has 2 heterocycles. The van der Waals surface area contributed by atoms with E-state index in [1.807, 2.05) is 12.1 Å². The molecule has 0 aliphatic carbocycles. The van der Waals surface area contributed by atoms with Crippen molar-refractivity contribution in [2.75, 3.05) is 19.7 Å². The molecule has 1 unspecified atom stereocenters. The molecular formula is C15H19NO2. The van der Waals surface area contributed by atoms with Crippen molar-refractivity contribution in [3.05, 3.63) is 29.3 Å². The summed E-state index contributed by atoms with van der Waals surface area (Å²) in [7, 11) is 0. The highest BCUT2D eigenvalue weighted by atomic mass is 16.5. The maximum atomic E-state index is 12.8. The molecule has 18 heavy (non-hydrogen) atoms. The zero-order valence-corrected chi connectivity index (χ0v) is 10.8. The number of hydrogen-bond donors (Lipinski definition) is 1. The number of nitrogens with one attached hydrogen (secondary N) is 1. The van der Waals surface area contributed by atoms with Gasteiger partial charge in [0.1, 0.15) is 5.75 Å². The molecule has 0 radical (unpaired) electrons. The largest absolute Gasteiger partial charge is 0.492 e. The Labute approximate surface area is 108 Å². The first kappa shape index (κ1) is 11.7. The lowest BCUT2D eigenvalue weighted by atomic mass is 9.76. The first-order valence-corrected chi connectivity index (χ1v) is 6.71. The van der Waals surface area contributed by atoms with Gasteiger partial charge in [0.25, 0.3) is 0 Å². The molecule has 3 rings (SSSR count). The van der Waals surface area contributed by atoms with Crippen LogP contribution < -0.4 is 10.1 Å². The van der Waals surface area contributed by atoms with Crippen molar-refractivity contribution in [3.63, 3.8) is 0 Å². The van der Waals surface area contributed by atoms with E-state index in [4.69, 9.17) is 4.74 Å². The number of ketones is 1. The highest BCUT2D eigenvalue weighted by Crippen LogP contribution is 2.36. The van der Waals surface area contributed by atoms with Crippen LogP contribution in [0.4, 0.5) is 0 Å². The van der Waals surface area contributed by atoms with Crippen LogP contribution in [0, 0.1) is 5.41 Å². The predicted molar refractivity (Wildman–Crippen MR) is 70.2 cm³/mol. The van der Waals surface area contributed by atoms with Crippen LogP contribution in [-0.4, -0.2) is 25.5 Å². The number of carbonyl (C=O) groups excluding carboxylic acids is 1. The summed E-state index contributed by atoms with van der Waals surface area (Å²) < 4.78 is 5.65. The molecule has 0 aromatic heterocycles. The van der Waals surface area contributed by atoms with Crippen molar-refractivity contribution in [1.82, 2.24) is 5.32 Å². The molecule has 0 amide bonds. The Kier molecular flexibility index (Phi) is 2.86. The van der Waals surface area contributed by atoms with E-state index < -0.39 is 0 Å². The second-order valence-electron chi connectivity index (χ2n) is 5.56. The highest BCUT2D eigenvalue weighted by Gasteiger charge is 2.37. The van der Waals surface area contributed by atoms with Crippen LogP contribution in [0.2, 0.25) is 0 Å². The monoisotopic (exact) mass is 245 g/mol. The van der Waals surface area contributed by atoms with Gasteiger partial charge in [0, 0.05) is 18.4 Å². The third kappa shape index (κ3) is 1.83. The molecule has 1 N–H and O–H groups in total. The Hall–Kier alpha value is -1.35. The number of ether oxygens (including phenoxy) is 1. The first-order valence-electron chi connectivity index (χ1n) is 6.71. The molecule has 1 atom stereocenters. The minimum Gasteiger partial charge on any atom is -0.492 e. The van der Waals surface area contributed by atoms with Crippen molar-refractivity contribution in [3.8, 4) is 5.75 Å². The molecule has 1 saturated heterocycles. The predicted octanol–water partition coefficient (Wildman–Crippen LogP) is 2.19. The van der Waals surface area contributed by atoms with Crippen LogP contribution in [0.3, 0.4) is 0 Å². The Morgan fingerprint density at radius 3 is 3.11 bits per heavy atom. The third-order valence-corrected chi connectivity index (χ3v) is 4.10. The molecule has 0 saturated carbocycles. The fourth-order valence-electron chi connectivity index (χ4n) is 2.97. The molecule has 1 aromatic rings. The van der Waals surface area contributed by atoms with Gasteiger partial charge in [-0.1, -0.05) is 19.1 Å². The summed E-state index contributed by atoms with van der Waals surface area (Å²) in [4.78, 5) is 12.8. The van der Waals surface area contributed by atoms with E-state index in [0.29, 0.717) is 6.61 Å². The zero-order valence-electron chi connectivity index (χ0n) is 10.8. The van der Waals surface area contributed by atoms with Crippen molar-refractivity contribution in [1.29, 1.82) is 0 Å². The molecule has 3 nitrogen and oxygen atoms in total. The summed E-state index contributed by atoms with van der Waals surface area (Å²) in [6, 6.07) is 5.94.